The highest BCUT2D eigenvalue weighted by Gasteiger charge is 2.48. The van der Waals surface area contributed by atoms with E-state index in [1.165, 1.54) is 15.4 Å². The van der Waals surface area contributed by atoms with Gasteiger partial charge in [0, 0.05) is 33.5 Å². The van der Waals surface area contributed by atoms with E-state index < -0.39 is 5.41 Å². The van der Waals surface area contributed by atoms with Crippen molar-refractivity contribution in [2.24, 2.45) is 5.92 Å². The number of aliphatic hydroxyl groups is 1. The lowest BCUT2D eigenvalue weighted by molar-refractivity contribution is -0.147. The highest BCUT2D eigenvalue weighted by atomic mass is 32.2. The fourth-order valence-corrected chi connectivity index (χ4v) is 7.45. The van der Waals surface area contributed by atoms with Crippen molar-refractivity contribution in [1.82, 2.24) is 9.97 Å². The summed E-state index contributed by atoms with van der Waals surface area (Å²) in [6.07, 6.45) is 1.58. The molecule has 1 unspecified atom stereocenters. The SMILES string of the molecule is CC.CC(C)C(=O)OCCCSc1ccc(C2(c3ccc(SCCCO)cc3)c3ccccc3-c3nc4ccccc4nc32)cc1. The Kier molecular flexibility index (Phi) is 11.6. The Bertz CT molecular complexity index is 1760. The summed E-state index contributed by atoms with van der Waals surface area (Å²) in [6.45, 7) is 8.36. The Hall–Kier alpha value is -3.65. The van der Waals surface area contributed by atoms with Gasteiger partial charge in [-0.3, -0.25) is 4.79 Å². The Morgan fingerprint density at radius 1 is 0.761 bits per heavy atom. The van der Waals surface area contributed by atoms with Gasteiger partial charge in [-0.05, 0) is 65.9 Å². The molecule has 0 saturated carbocycles. The smallest absolute Gasteiger partial charge is 0.308 e. The van der Waals surface area contributed by atoms with Crippen molar-refractivity contribution in [1.29, 1.82) is 0 Å². The fourth-order valence-electron chi connectivity index (χ4n) is 5.79. The monoisotopic (exact) mass is 650 g/mol. The molecule has 6 rings (SSSR count). The second-order valence-corrected chi connectivity index (χ2v) is 13.5. The molecule has 5 nitrogen and oxygen atoms in total. The average Bonchev–Trinajstić information content (AvgIpc) is 3.38. The molecule has 4 aromatic carbocycles. The van der Waals surface area contributed by atoms with Crippen molar-refractivity contribution in [3.8, 4) is 11.3 Å². The number of carbonyl (C=O) groups excluding carboxylic acids is 1. The summed E-state index contributed by atoms with van der Waals surface area (Å²) < 4.78 is 5.35. The van der Waals surface area contributed by atoms with Gasteiger partial charge in [-0.2, -0.15) is 0 Å². The summed E-state index contributed by atoms with van der Waals surface area (Å²) in [5.74, 6) is 1.50. The Balaban J connectivity index is 0.00000204. The van der Waals surface area contributed by atoms with Crippen LogP contribution in [0.1, 0.15) is 62.9 Å². The van der Waals surface area contributed by atoms with Crippen LogP contribution >= 0.6 is 23.5 Å². The Morgan fingerprint density at radius 3 is 1.89 bits per heavy atom. The molecule has 0 fully saturated rings. The van der Waals surface area contributed by atoms with Gasteiger partial charge in [-0.1, -0.05) is 88.4 Å². The lowest BCUT2D eigenvalue weighted by Crippen LogP contribution is -2.29. The molecule has 0 aliphatic heterocycles. The molecule has 0 saturated heterocycles. The molecule has 7 heteroatoms. The minimum Gasteiger partial charge on any atom is -0.465 e. The predicted molar refractivity (Wildman–Crippen MR) is 192 cm³/mol. The zero-order chi connectivity index (χ0) is 32.5. The number of rotatable bonds is 12. The van der Waals surface area contributed by atoms with Crippen LogP contribution in [0.5, 0.6) is 0 Å². The van der Waals surface area contributed by atoms with Gasteiger partial charge < -0.3 is 9.84 Å². The van der Waals surface area contributed by atoms with Crippen molar-refractivity contribution >= 4 is 40.5 Å². The van der Waals surface area contributed by atoms with Crippen molar-refractivity contribution in [2.45, 2.75) is 55.7 Å². The molecular formula is C39H42N2O3S2. The minimum absolute atomic E-state index is 0.0998. The topological polar surface area (TPSA) is 72.3 Å². The van der Waals surface area contributed by atoms with Crippen LogP contribution in [-0.2, 0) is 14.9 Å². The van der Waals surface area contributed by atoms with E-state index in [-0.39, 0.29) is 18.5 Å². The molecule has 0 amide bonds. The number of aliphatic hydroxyl groups excluding tert-OH is 1. The van der Waals surface area contributed by atoms with E-state index in [4.69, 9.17) is 14.7 Å². The van der Waals surface area contributed by atoms with Crippen molar-refractivity contribution < 1.29 is 14.6 Å². The zero-order valence-electron chi connectivity index (χ0n) is 27.0. The maximum atomic E-state index is 11.8. The van der Waals surface area contributed by atoms with Crippen LogP contribution in [0.3, 0.4) is 0 Å². The van der Waals surface area contributed by atoms with Gasteiger partial charge in [-0.15, -0.1) is 23.5 Å². The first-order valence-electron chi connectivity index (χ1n) is 16.1. The van der Waals surface area contributed by atoms with Crippen molar-refractivity contribution in [2.75, 3.05) is 24.7 Å². The van der Waals surface area contributed by atoms with Crippen molar-refractivity contribution in [3.63, 3.8) is 0 Å². The summed E-state index contributed by atoms with van der Waals surface area (Å²) in [4.78, 5) is 24.6. The normalized spacial score (nSPS) is 14.8. The number of hydrogen-bond donors (Lipinski definition) is 1. The van der Waals surface area contributed by atoms with E-state index in [9.17, 15) is 9.90 Å². The number of hydrogen-bond acceptors (Lipinski definition) is 7. The minimum atomic E-state index is -0.633. The zero-order valence-corrected chi connectivity index (χ0v) is 28.7. The van der Waals surface area contributed by atoms with Crippen LogP contribution in [-0.4, -0.2) is 45.8 Å². The number of thioether (sulfide) groups is 2. The van der Waals surface area contributed by atoms with Gasteiger partial charge in [0.05, 0.1) is 40.4 Å². The van der Waals surface area contributed by atoms with Crippen LogP contribution < -0.4 is 0 Å². The summed E-state index contributed by atoms with van der Waals surface area (Å²) in [7, 11) is 0. The van der Waals surface area contributed by atoms with E-state index in [1.54, 1.807) is 23.5 Å². The highest BCUT2D eigenvalue weighted by molar-refractivity contribution is 7.99. The maximum absolute atomic E-state index is 11.8. The first-order valence-corrected chi connectivity index (χ1v) is 18.1. The van der Waals surface area contributed by atoms with Gasteiger partial charge in [0.15, 0.2) is 0 Å². The highest BCUT2D eigenvalue weighted by Crippen LogP contribution is 2.55. The second kappa shape index (κ2) is 15.8. The van der Waals surface area contributed by atoms with Gasteiger partial charge >= 0.3 is 5.97 Å². The summed E-state index contributed by atoms with van der Waals surface area (Å²) in [5, 5.41) is 9.24. The van der Waals surface area contributed by atoms with Crippen LogP contribution in [0.25, 0.3) is 22.3 Å². The first kappa shape index (κ1) is 33.7. The predicted octanol–water partition coefficient (Wildman–Crippen LogP) is 9.18. The second-order valence-electron chi connectivity index (χ2n) is 11.2. The van der Waals surface area contributed by atoms with E-state index in [1.807, 2.05) is 52.0 Å². The first-order chi connectivity index (χ1) is 22.5. The standard InChI is InChI=1S/C37H36N2O3S2.C2H6/c1-25(2)36(41)42-22-8-24-44-29-19-15-27(16-20-29)37(26-13-17-28(18-14-26)43-23-7-21-40)31-10-4-3-9-30(31)34-35(37)39-33-12-6-5-11-32(33)38-34;1-2/h3-6,9-20,25,40H,7-8,21-24H2,1-2H3;1-2H3. The molecule has 1 atom stereocenters. The summed E-state index contributed by atoms with van der Waals surface area (Å²) >= 11 is 3.53. The number of benzene rings is 4. The van der Waals surface area contributed by atoms with Gasteiger partial charge in [0.2, 0.25) is 0 Å². The molecule has 1 N–H and O–H groups in total. The van der Waals surface area contributed by atoms with Gasteiger partial charge in [0.25, 0.3) is 0 Å². The Labute approximate surface area is 281 Å². The number of aromatic nitrogens is 2. The number of ether oxygens (including phenoxy) is 1. The number of carbonyl (C=O) groups is 1. The number of para-hydroxylation sites is 2. The molecule has 0 bridgehead atoms. The molecule has 0 spiro atoms. The number of fused-ring (bicyclic) bond motifs is 4. The summed E-state index contributed by atoms with van der Waals surface area (Å²) in [5.41, 5.74) is 7.58. The van der Waals surface area contributed by atoms with Crippen LogP contribution in [0, 0.1) is 5.92 Å². The quantitative estimate of drug-likeness (QED) is 0.0804. The van der Waals surface area contributed by atoms with Crippen LogP contribution in [0.15, 0.2) is 107 Å². The van der Waals surface area contributed by atoms with Crippen LogP contribution in [0.2, 0.25) is 0 Å². The molecule has 238 valence electrons. The lowest BCUT2D eigenvalue weighted by atomic mass is 9.69. The summed E-state index contributed by atoms with van der Waals surface area (Å²) in [6, 6.07) is 34.3. The van der Waals surface area contributed by atoms with Crippen molar-refractivity contribution in [3.05, 3.63) is 119 Å². The molecule has 1 heterocycles. The number of esters is 1. The molecule has 5 aromatic rings. The van der Waals surface area contributed by atoms with E-state index in [2.05, 4.69) is 72.8 Å². The third-order valence-corrected chi connectivity index (χ3v) is 10.1. The molecule has 1 aliphatic rings. The lowest BCUT2D eigenvalue weighted by Gasteiger charge is -2.32. The molecule has 1 aromatic heterocycles. The largest absolute Gasteiger partial charge is 0.465 e. The molecule has 0 radical (unpaired) electrons. The molecule has 46 heavy (non-hydrogen) atoms. The van der Waals surface area contributed by atoms with E-state index >= 15 is 0 Å². The van der Waals surface area contributed by atoms with Crippen LogP contribution in [0.4, 0.5) is 0 Å². The molecule has 1 aliphatic carbocycles. The van der Waals surface area contributed by atoms with Gasteiger partial charge in [-0.25, -0.2) is 9.97 Å². The molecular weight excluding hydrogens is 609 g/mol. The average molecular weight is 651 g/mol. The van der Waals surface area contributed by atoms with E-state index in [0.29, 0.717) is 6.61 Å². The number of nitrogens with zero attached hydrogens (tertiary/aromatic N) is 2. The third kappa shape index (κ3) is 6.87. The van der Waals surface area contributed by atoms with E-state index in [0.717, 1.165) is 63.5 Å². The third-order valence-electron chi connectivity index (χ3n) is 7.93. The van der Waals surface area contributed by atoms with Gasteiger partial charge in [0.1, 0.15) is 0 Å². The Morgan fingerprint density at radius 2 is 1.30 bits per heavy atom. The maximum Gasteiger partial charge on any atom is 0.308 e. The fraction of sp³-hybridized carbons (Fsp3) is 0.308.